The summed E-state index contributed by atoms with van der Waals surface area (Å²) in [6.45, 7) is 4.23. The van der Waals surface area contributed by atoms with E-state index in [1.807, 2.05) is 43.2 Å². The molecule has 0 radical (unpaired) electrons. The molecule has 0 amide bonds. The lowest BCUT2D eigenvalue weighted by atomic mass is 10.2. The van der Waals surface area contributed by atoms with Gasteiger partial charge >= 0.3 is 0 Å². The van der Waals surface area contributed by atoms with Crippen molar-refractivity contribution in [3.8, 4) is 0 Å². The molecule has 2 aromatic rings. The number of rotatable bonds is 6. The van der Waals surface area contributed by atoms with E-state index in [0.29, 0.717) is 6.54 Å². The highest BCUT2D eigenvalue weighted by Gasteiger charge is 2.00. The zero-order valence-electron chi connectivity index (χ0n) is 12.4. The van der Waals surface area contributed by atoms with Gasteiger partial charge in [-0.2, -0.15) is 5.10 Å². The van der Waals surface area contributed by atoms with E-state index in [9.17, 15) is 0 Å². The third kappa shape index (κ3) is 6.19. The normalized spacial score (nSPS) is 11.0. The molecule has 0 aliphatic rings. The van der Waals surface area contributed by atoms with E-state index in [0.717, 1.165) is 31.2 Å². The average Bonchev–Trinajstić information content (AvgIpc) is 3.08. The van der Waals surface area contributed by atoms with Gasteiger partial charge in [0, 0.05) is 26.3 Å². The number of halogens is 1. The topological polar surface area (TPSA) is 67.4 Å². The van der Waals surface area contributed by atoms with Crippen molar-refractivity contribution in [2.24, 2.45) is 12.0 Å². The van der Waals surface area contributed by atoms with Gasteiger partial charge in [-0.15, -0.1) is 24.0 Å². The van der Waals surface area contributed by atoms with Crippen LogP contribution >= 0.6 is 24.0 Å². The van der Waals surface area contributed by atoms with Crippen molar-refractivity contribution >= 4 is 29.9 Å². The Morgan fingerprint density at radius 3 is 2.90 bits per heavy atom. The van der Waals surface area contributed by atoms with Gasteiger partial charge in [-0.1, -0.05) is 0 Å². The van der Waals surface area contributed by atoms with Crippen LogP contribution in [0.3, 0.4) is 0 Å². The highest BCUT2D eigenvalue weighted by molar-refractivity contribution is 14.0. The Kier molecular flexibility index (Phi) is 7.88. The van der Waals surface area contributed by atoms with Gasteiger partial charge in [0.1, 0.15) is 12.3 Å². The molecule has 2 rings (SSSR count). The van der Waals surface area contributed by atoms with Gasteiger partial charge < -0.3 is 15.1 Å². The van der Waals surface area contributed by atoms with Crippen LogP contribution in [0.1, 0.15) is 18.2 Å². The first-order valence-electron chi connectivity index (χ1n) is 6.80. The summed E-state index contributed by atoms with van der Waals surface area (Å²) in [6.07, 6.45) is 6.48. The van der Waals surface area contributed by atoms with Gasteiger partial charge in [0.05, 0.1) is 12.5 Å². The summed E-state index contributed by atoms with van der Waals surface area (Å²) in [6, 6.07) is 3.79. The molecular weight excluding hydrogens is 381 g/mol. The van der Waals surface area contributed by atoms with Crippen LogP contribution in [-0.4, -0.2) is 28.8 Å². The Balaban J connectivity index is 0.00000220. The SMILES string of the molecule is CCNC(=NCc1ccco1)NCCc1cnn(C)c1.I. The largest absolute Gasteiger partial charge is 0.467 e. The molecular formula is C14H22IN5O. The monoisotopic (exact) mass is 403 g/mol. The van der Waals surface area contributed by atoms with Gasteiger partial charge in [-0.25, -0.2) is 4.99 Å². The molecule has 116 valence electrons. The first-order valence-corrected chi connectivity index (χ1v) is 6.80. The number of hydrogen-bond acceptors (Lipinski definition) is 3. The summed E-state index contributed by atoms with van der Waals surface area (Å²) < 4.78 is 7.08. The number of aromatic nitrogens is 2. The highest BCUT2D eigenvalue weighted by atomic mass is 127. The van der Waals surface area contributed by atoms with Crippen LogP contribution in [0, 0.1) is 0 Å². The van der Waals surface area contributed by atoms with Crippen LogP contribution in [-0.2, 0) is 20.0 Å². The molecule has 2 aromatic heterocycles. The van der Waals surface area contributed by atoms with E-state index in [1.165, 1.54) is 5.56 Å². The summed E-state index contributed by atoms with van der Waals surface area (Å²) in [5.41, 5.74) is 1.21. The average molecular weight is 403 g/mol. The minimum Gasteiger partial charge on any atom is -0.467 e. The first-order chi connectivity index (χ1) is 9.78. The number of nitrogens with one attached hydrogen (secondary N) is 2. The van der Waals surface area contributed by atoms with E-state index in [2.05, 4.69) is 20.7 Å². The smallest absolute Gasteiger partial charge is 0.191 e. The lowest BCUT2D eigenvalue weighted by molar-refractivity contribution is 0.512. The Morgan fingerprint density at radius 1 is 1.43 bits per heavy atom. The number of hydrogen-bond donors (Lipinski definition) is 2. The second kappa shape index (κ2) is 9.43. The Hall–Kier alpha value is -1.51. The second-order valence-electron chi connectivity index (χ2n) is 4.47. The van der Waals surface area contributed by atoms with Crippen LogP contribution in [0.15, 0.2) is 40.2 Å². The van der Waals surface area contributed by atoms with E-state index < -0.39 is 0 Å². The predicted octanol–water partition coefficient (Wildman–Crippen LogP) is 1.93. The van der Waals surface area contributed by atoms with E-state index in [4.69, 9.17) is 4.42 Å². The zero-order chi connectivity index (χ0) is 14.2. The number of nitrogens with zero attached hydrogens (tertiary/aromatic N) is 3. The molecule has 0 unspecified atom stereocenters. The van der Waals surface area contributed by atoms with Gasteiger partial charge in [0.15, 0.2) is 5.96 Å². The first kappa shape index (κ1) is 17.5. The molecule has 2 N–H and O–H groups in total. The van der Waals surface area contributed by atoms with Crippen LogP contribution < -0.4 is 10.6 Å². The molecule has 0 aliphatic heterocycles. The van der Waals surface area contributed by atoms with E-state index >= 15 is 0 Å². The number of guanidine groups is 1. The standard InChI is InChI=1S/C14H21N5O.HI/c1-3-15-14(17-10-13-5-4-8-20-13)16-7-6-12-9-18-19(2)11-12;/h4-5,8-9,11H,3,6-7,10H2,1-2H3,(H2,15,16,17);1H. The molecule has 2 heterocycles. The lowest BCUT2D eigenvalue weighted by Gasteiger charge is -2.10. The predicted molar refractivity (Wildman–Crippen MR) is 93.9 cm³/mol. The Labute approximate surface area is 142 Å². The third-order valence-electron chi connectivity index (χ3n) is 2.78. The minimum atomic E-state index is 0. The van der Waals surface area contributed by atoms with Crippen LogP contribution in [0.5, 0.6) is 0 Å². The summed E-state index contributed by atoms with van der Waals surface area (Å²) in [5, 5.41) is 10.7. The summed E-state index contributed by atoms with van der Waals surface area (Å²) in [7, 11) is 1.92. The molecule has 0 fully saturated rings. The van der Waals surface area contributed by atoms with Crippen LogP contribution in [0.2, 0.25) is 0 Å². The molecule has 0 atom stereocenters. The molecule has 0 saturated carbocycles. The van der Waals surface area contributed by atoms with Gasteiger partial charge in [0.25, 0.3) is 0 Å². The second-order valence-corrected chi connectivity index (χ2v) is 4.47. The molecule has 21 heavy (non-hydrogen) atoms. The third-order valence-corrected chi connectivity index (χ3v) is 2.78. The number of furan rings is 1. The maximum absolute atomic E-state index is 5.26. The van der Waals surface area contributed by atoms with Crippen molar-refractivity contribution in [2.45, 2.75) is 19.9 Å². The number of aryl methyl sites for hydroxylation is 1. The quantitative estimate of drug-likeness (QED) is 0.440. The molecule has 0 spiro atoms. The number of aliphatic imine (C=N–C) groups is 1. The van der Waals surface area contributed by atoms with Gasteiger partial charge in [-0.3, -0.25) is 4.68 Å². The van der Waals surface area contributed by atoms with Crippen molar-refractivity contribution in [2.75, 3.05) is 13.1 Å². The molecule has 0 saturated heterocycles. The van der Waals surface area contributed by atoms with Crippen LogP contribution in [0.25, 0.3) is 0 Å². The van der Waals surface area contributed by atoms with Crippen molar-refractivity contribution in [3.63, 3.8) is 0 Å². The molecule has 0 aliphatic carbocycles. The van der Waals surface area contributed by atoms with Crippen LogP contribution in [0.4, 0.5) is 0 Å². The molecule has 6 nitrogen and oxygen atoms in total. The maximum Gasteiger partial charge on any atom is 0.191 e. The molecule has 0 aromatic carbocycles. The van der Waals surface area contributed by atoms with Crippen molar-refractivity contribution < 1.29 is 4.42 Å². The minimum absolute atomic E-state index is 0. The van der Waals surface area contributed by atoms with E-state index in [1.54, 1.807) is 6.26 Å². The van der Waals surface area contributed by atoms with Crippen molar-refractivity contribution in [3.05, 3.63) is 42.1 Å². The van der Waals surface area contributed by atoms with Gasteiger partial charge in [-0.05, 0) is 31.0 Å². The molecule has 7 heteroatoms. The summed E-state index contributed by atoms with van der Waals surface area (Å²) >= 11 is 0. The summed E-state index contributed by atoms with van der Waals surface area (Å²) in [4.78, 5) is 4.47. The zero-order valence-corrected chi connectivity index (χ0v) is 14.7. The molecule has 0 bridgehead atoms. The fourth-order valence-electron chi connectivity index (χ4n) is 1.83. The van der Waals surface area contributed by atoms with E-state index in [-0.39, 0.29) is 24.0 Å². The van der Waals surface area contributed by atoms with Gasteiger partial charge in [0.2, 0.25) is 0 Å². The lowest BCUT2D eigenvalue weighted by Crippen LogP contribution is -2.38. The Morgan fingerprint density at radius 2 is 2.29 bits per heavy atom. The fraction of sp³-hybridized carbons (Fsp3) is 0.429. The highest BCUT2D eigenvalue weighted by Crippen LogP contribution is 2.01. The Bertz CT molecular complexity index is 535. The fourth-order valence-corrected chi connectivity index (χ4v) is 1.83. The summed E-state index contributed by atoms with van der Waals surface area (Å²) in [5.74, 6) is 1.65. The van der Waals surface area contributed by atoms with Crippen molar-refractivity contribution in [1.29, 1.82) is 0 Å². The van der Waals surface area contributed by atoms with Crippen molar-refractivity contribution in [1.82, 2.24) is 20.4 Å². The maximum atomic E-state index is 5.26.